The smallest absolute Gasteiger partial charge is 0.408 e. The van der Waals surface area contributed by atoms with Crippen molar-refractivity contribution in [2.24, 2.45) is 23.7 Å². The van der Waals surface area contributed by atoms with E-state index in [-0.39, 0.29) is 11.8 Å². The zero-order chi connectivity index (χ0) is 36.3. The molecule has 3 saturated heterocycles. The van der Waals surface area contributed by atoms with Gasteiger partial charge in [-0.05, 0) is 86.5 Å². The topological polar surface area (TPSA) is 156 Å². The molecule has 3 fully saturated rings. The lowest BCUT2D eigenvalue weighted by Crippen LogP contribution is -2.61. The molecule has 13 nitrogen and oxygen atoms in total. The molecule has 1 amide bonds. The molecule has 0 aromatic heterocycles. The summed E-state index contributed by atoms with van der Waals surface area (Å²) in [4.78, 5) is 44.1. The quantitative estimate of drug-likeness (QED) is 0.254. The number of rotatable bonds is 8. The number of Topliss-reactive ketones (excluding diaryl/α,β-unsaturated/α-hetero) is 1. The zero-order valence-corrected chi connectivity index (χ0v) is 31.2. The molecule has 14 atom stereocenters. The molecular formula is C35H63N3O10. The molecule has 13 heteroatoms. The largest absolute Gasteiger partial charge is 0.458 e. The summed E-state index contributed by atoms with van der Waals surface area (Å²) in [5, 5.41) is 25.5. The highest BCUT2D eigenvalue weighted by Crippen LogP contribution is 2.40. The number of esters is 1. The van der Waals surface area contributed by atoms with Crippen molar-refractivity contribution in [1.82, 2.24) is 15.1 Å². The van der Waals surface area contributed by atoms with E-state index in [4.69, 9.17) is 23.7 Å². The van der Waals surface area contributed by atoms with E-state index in [1.54, 1.807) is 21.0 Å². The molecule has 3 N–H and O–H groups in total. The molecule has 3 rings (SSSR count). The second kappa shape index (κ2) is 16.4. The lowest BCUT2D eigenvalue weighted by Gasteiger charge is -2.47. The number of alkyl carbamates (subject to hydrolysis) is 1. The van der Waals surface area contributed by atoms with Gasteiger partial charge in [0.1, 0.15) is 18.1 Å². The van der Waals surface area contributed by atoms with Crippen molar-refractivity contribution >= 4 is 17.8 Å². The number of cyclic esters (lactones) is 1. The first-order valence-electron chi connectivity index (χ1n) is 17.6. The lowest BCUT2D eigenvalue weighted by atomic mass is 9.76. The first kappa shape index (κ1) is 40.6. The minimum atomic E-state index is -1.19. The van der Waals surface area contributed by atoms with Crippen molar-refractivity contribution in [2.45, 2.75) is 141 Å². The van der Waals surface area contributed by atoms with Crippen molar-refractivity contribution in [3.8, 4) is 0 Å². The maximum absolute atomic E-state index is 14.2. The number of amides is 1. The maximum Gasteiger partial charge on any atom is 0.408 e. The molecular weight excluding hydrogens is 622 g/mol. The van der Waals surface area contributed by atoms with Gasteiger partial charge in [-0.2, -0.15) is 0 Å². The van der Waals surface area contributed by atoms with Crippen LogP contribution in [0.25, 0.3) is 0 Å². The van der Waals surface area contributed by atoms with Crippen LogP contribution in [0.15, 0.2) is 0 Å². The van der Waals surface area contributed by atoms with Gasteiger partial charge in [-0.25, -0.2) is 4.79 Å². The summed E-state index contributed by atoms with van der Waals surface area (Å²) >= 11 is 0. The molecule has 3 aliphatic heterocycles. The molecule has 48 heavy (non-hydrogen) atoms. The Balaban J connectivity index is 2.04. The Morgan fingerprint density at radius 3 is 2.27 bits per heavy atom. The Bertz CT molecular complexity index is 1110. The zero-order valence-electron chi connectivity index (χ0n) is 31.2. The van der Waals surface area contributed by atoms with Crippen molar-refractivity contribution in [2.75, 3.05) is 41.8 Å². The summed E-state index contributed by atoms with van der Waals surface area (Å²) < 4.78 is 30.9. The number of ketones is 1. The van der Waals surface area contributed by atoms with Crippen molar-refractivity contribution in [1.29, 1.82) is 0 Å². The van der Waals surface area contributed by atoms with Crippen LogP contribution in [0.5, 0.6) is 0 Å². The molecule has 0 aromatic rings. The maximum atomic E-state index is 14.2. The number of aliphatic hydroxyl groups excluding tert-OH is 2. The number of nitrogens with zero attached hydrogens (tertiary/aromatic N) is 2. The van der Waals surface area contributed by atoms with E-state index in [2.05, 4.69) is 19.2 Å². The Labute approximate surface area is 287 Å². The number of carbonyl (C=O) groups is 3. The van der Waals surface area contributed by atoms with Gasteiger partial charge < -0.3 is 49.0 Å². The fraction of sp³-hybridized carbons (Fsp3) is 0.914. The van der Waals surface area contributed by atoms with Gasteiger partial charge >= 0.3 is 12.1 Å². The van der Waals surface area contributed by atoms with E-state index >= 15 is 0 Å². The van der Waals surface area contributed by atoms with E-state index < -0.39 is 89.8 Å². The van der Waals surface area contributed by atoms with Crippen LogP contribution in [0.2, 0.25) is 0 Å². The standard InChI is InChI=1S/C35H63N3O10/c1-13-26-35(7)29(36-33(43)48-35)20(3)15-14-19(2)17-34(6,44-12)30(21(4)27(40)22(5)31(42)46-26)47-32-28(41)23(38(10)11)16-25(45-32)24(39)18-37(8)9/h19-26,28-30,32,39,41H,13-18H2,1-12H3,(H,36,43)/t19-,20-,21-,22?,23?,24?,25?,26+,28?,29+,30+,32-,34+,35+/m0/s1. The van der Waals surface area contributed by atoms with E-state index in [1.807, 2.05) is 51.8 Å². The molecule has 0 aliphatic carbocycles. The molecule has 3 aliphatic rings. The molecule has 0 radical (unpaired) electrons. The van der Waals surface area contributed by atoms with Crippen LogP contribution in [0, 0.1) is 23.7 Å². The van der Waals surface area contributed by atoms with Crippen molar-refractivity contribution < 1.29 is 48.3 Å². The summed E-state index contributed by atoms with van der Waals surface area (Å²) in [7, 11) is 9.00. The first-order valence-corrected chi connectivity index (χ1v) is 17.6. The highest BCUT2D eigenvalue weighted by Gasteiger charge is 2.55. The lowest BCUT2D eigenvalue weighted by molar-refractivity contribution is -0.307. The number of carbonyl (C=O) groups excluding carboxylic acids is 3. The number of hydrogen-bond acceptors (Lipinski definition) is 12. The van der Waals surface area contributed by atoms with Gasteiger partial charge in [-0.1, -0.05) is 34.1 Å². The monoisotopic (exact) mass is 685 g/mol. The van der Waals surface area contributed by atoms with Crippen LogP contribution in [0.4, 0.5) is 4.79 Å². The summed E-state index contributed by atoms with van der Waals surface area (Å²) in [6.45, 7) is 13.3. The number of aliphatic hydroxyl groups is 2. The SMILES string of the molecule is CC[C@H]1OC(=O)C(C)C(=O)[C@H](C)[C@@H](O[C@@H]2OC(C(O)CN(C)C)CC(N(C)C)C2O)[C@](C)(OC)C[C@@H](C)CC[C@H](C)[C@H]2NC(=O)O[C@@]21C. The number of methoxy groups -OCH3 is 1. The first-order chi connectivity index (χ1) is 22.3. The Kier molecular flexibility index (Phi) is 13.9. The Morgan fingerprint density at radius 2 is 1.71 bits per heavy atom. The Morgan fingerprint density at radius 1 is 1.06 bits per heavy atom. The summed E-state index contributed by atoms with van der Waals surface area (Å²) in [5.41, 5.74) is -2.16. The van der Waals surface area contributed by atoms with Crippen LogP contribution in [-0.2, 0) is 33.3 Å². The summed E-state index contributed by atoms with van der Waals surface area (Å²) in [5.74, 6) is -3.11. The van der Waals surface area contributed by atoms with Gasteiger partial charge in [-0.3, -0.25) is 9.59 Å². The highest BCUT2D eigenvalue weighted by molar-refractivity contribution is 6.00. The molecule has 0 aromatic carbocycles. The van der Waals surface area contributed by atoms with Gasteiger partial charge in [0.15, 0.2) is 17.7 Å². The second-order valence-electron chi connectivity index (χ2n) is 15.5. The van der Waals surface area contributed by atoms with E-state index in [9.17, 15) is 24.6 Å². The molecule has 278 valence electrons. The Hall–Kier alpha value is -1.87. The van der Waals surface area contributed by atoms with Crippen molar-refractivity contribution in [3.63, 3.8) is 0 Å². The normalized spacial score (nSPS) is 42.8. The summed E-state index contributed by atoms with van der Waals surface area (Å²) in [6.07, 6.45) is -3.27. The third kappa shape index (κ3) is 8.88. The fourth-order valence-electron chi connectivity index (χ4n) is 8.04. The average Bonchev–Trinajstić information content (AvgIpc) is 3.33. The van der Waals surface area contributed by atoms with Crippen LogP contribution < -0.4 is 5.32 Å². The van der Waals surface area contributed by atoms with Gasteiger partial charge in [-0.15, -0.1) is 0 Å². The van der Waals surface area contributed by atoms with Gasteiger partial charge in [0.2, 0.25) is 0 Å². The third-order valence-corrected chi connectivity index (χ3v) is 11.0. The summed E-state index contributed by atoms with van der Waals surface area (Å²) in [6, 6.07) is -0.795. The predicted octanol–water partition coefficient (Wildman–Crippen LogP) is 2.59. The minimum absolute atomic E-state index is 0.0140. The fourth-order valence-corrected chi connectivity index (χ4v) is 8.04. The van der Waals surface area contributed by atoms with Gasteiger partial charge in [0, 0.05) is 25.6 Å². The van der Waals surface area contributed by atoms with Crippen molar-refractivity contribution in [3.05, 3.63) is 0 Å². The molecule has 5 unspecified atom stereocenters. The average molecular weight is 686 g/mol. The number of nitrogens with one attached hydrogen (secondary N) is 1. The van der Waals surface area contributed by atoms with E-state index in [0.29, 0.717) is 25.8 Å². The third-order valence-electron chi connectivity index (χ3n) is 11.0. The van der Waals surface area contributed by atoms with Crippen LogP contribution >= 0.6 is 0 Å². The van der Waals surface area contributed by atoms with Gasteiger partial charge in [0.25, 0.3) is 0 Å². The number of fused-ring (bicyclic) bond motifs is 1. The number of likely N-dealkylation sites (N-methyl/N-ethyl adjacent to an activating group) is 2. The molecule has 3 heterocycles. The van der Waals surface area contributed by atoms with Crippen LogP contribution in [-0.4, -0.2) is 140 Å². The van der Waals surface area contributed by atoms with Crippen LogP contribution in [0.3, 0.4) is 0 Å². The van der Waals surface area contributed by atoms with Crippen LogP contribution in [0.1, 0.15) is 80.6 Å². The van der Waals surface area contributed by atoms with E-state index in [0.717, 1.165) is 12.8 Å². The highest BCUT2D eigenvalue weighted by atomic mass is 16.7. The minimum Gasteiger partial charge on any atom is -0.458 e. The molecule has 0 spiro atoms. The van der Waals surface area contributed by atoms with Gasteiger partial charge in [0.05, 0.1) is 30.0 Å². The molecule has 0 bridgehead atoms. The number of ether oxygens (including phenoxy) is 5. The number of hydrogen-bond donors (Lipinski definition) is 3. The second-order valence-corrected chi connectivity index (χ2v) is 15.5. The predicted molar refractivity (Wildman–Crippen MR) is 179 cm³/mol. The van der Waals surface area contributed by atoms with E-state index in [1.165, 1.54) is 6.92 Å². The molecule has 0 saturated carbocycles.